The van der Waals surface area contributed by atoms with E-state index in [1.807, 2.05) is 0 Å². The van der Waals surface area contributed by atoms with Gasteiger partial charge in [0.2, 0.25) is 0 Å². The van der Waals surface area contributed by atoms with Gasteiger partial charge in [-0.05, 0) is 103 Å². The fourth-order valence-corrected chi connectivity index (χ4v) is 10.1. The maximum absolute atomic E-state index is 2.45. The summed E-state index contributed by atoms with van der Waals surface area (Å²) in [5.74, 6) is 0. The summed E-state index contributed by atoms with van der Waals surface area (Å²) in [5.41, 5.74) is 15.3. The fourth-order valence-electron chi connectivity index (χ4n) is 10.1. The SMILES string of the molecule is c1ccc(N(c2cccc(C3(c4ccccc4)c4ccccc4C4(c5ccccc5)c5ccccc5-c5cccc3c54)c2)c2ccc3ccccc3c2)cc1. The Morgan fingerprint density at radius 1 is 0.273 bits per heavy atom. The molecule has 258 valence electrons. The zero-order valence-corrected chi connectivity index (χ0v) is 30.3. The molecule has 0 saturated carbocycles. The Morgan fingerprint density at radius 2 is 0.764 bits per heavy atom. The maximum Gasteiger partial charge on any atom is 0.0720 e. The Kier molecular flexibility index (Phi) is 7.06. The number of nitrogens with zero attached hydrogens (tertiary/aromatic N) is 1. The minimum Gasteiger partial charge on any atom is -0.310 e. The predicted molar refractivity (Wildman–Crippen MR) is 228 cm³/mol. The number of anilines is 3. The molecule has 0 aromatic heterocycles. The zero-order chi connectivity index (χ0) is 36.4. The van der Waals surface area contributed by atoms with Gasteiger partial charge in [0, 0.05) is 17.1 Å². The third-order valence-electron chi connectivity index (χ3n) is 12.2. The molecule has 0 spiro atoms. The summed E-state index contributed by atoms with van der Waals surface area (Å²) in [5, 5.41) is 2.45. The lowest BCUT2D eigenvalue weighted by Crippen LogP contribution is -2.44. The van der Waals surface area contributed by atoms with Gasteiger partial charge in [0.25, 0.3) is 0 Å². The van der Waals surface area contributed by atoms with E-state index in [2.05, 4.69) is 229 Å². The molecule has 0 radical (unpaired) electrons. The van der Waals surface area contributed by atoms with Crippen molar-refractivity contribution >= 4 is 27.8 Å². The van der Waals surface area contributed by atoms with Crippen molar-refractivity contribution in [3.05, 3.63) is 269 Å². The molecule has 0 N–H and O–H groups in total. The molecule has 55 heavy (non-hydrogen) atoms. The molecule has 2 aliphatic carbocycles. The molecule has 2 aliphatic rings. The Labute approximate surface area is 322 Å². The van der Waals surface area contributed by atoms with E-state index in [0.29, 0.717) is 0 Å². The van der Waals surface area contributed by atoms with E-state index in [1.54, 1.807) is 0 Å². The van der Waals surface area contributed by atoms with Crippen LogP contribution in [0.25, 0.3) is 21.9 Å². The first-order valence-electron chi connectivity index (χ1n) is 19.2. The molecule has 9 aromatic carbocycles. The second-order valence-corrected chi connectivity index (χ2v) is 14.8. The lowest BCUT2D eigenvalue weighted by Gasteiger charge is -2.49. The van der Waals surface area contributed by atoms with Crippen molar-refractivity contribution in [3.63, 3.8) is 0 Å². The van der Waals surface area contributed by atoms with E-state index in [-0.39, 0.29) is 0 Å². The van der Waals surface area contributed by atoms with Crippen molar-refractivity contribution in [2.75, 3.05) is 4.90 Å². The molecule has 9 aromatic rings. The first-order chi connectivity index (χ1) is 27.3. The van der Waals surface area contributed by atoms with Crippen LogP contribution >= 0.6 is 0 Å². The zero-order valence-electron chi connectivity index (χ0n) is 30.3. The van der Waals surface area contributed by atoms with Crippen molar-refractivity contribution in [1.29, 1.82) is 0 Å². The van der Waals surface area contributed by atoms with Crippen LogP contribution in [-0.2, 0) is 10.8 Å². The van der Waals surface area contributed by atoms with Gasteiger partial charge in [-0.25, -0.2) is 0 Å². The molecule has 0 aliphatic heterocycles. The highest BCUT2D eigenvalue weighted by molar-refractivity contribution is 5.93. The van der Waals surface area contributed by atoms with Crippen molar-refractivity contribution < 1.29 is 0 Å². The average Bonchev–Trinajstić information content (AvgIpc) is 3.57. The number of fused-ring (bicyclic) bond motifs is 6. The Balaban J connectivity index is 1.25. The molecule has 0 saturated heterocycles. The van der Waals surface area contributed by atoms with Crippen molar-refractivity contribution in [3.8, 4) is 11.1 Å². The summed E-state index contributed by atoms with van der Waals surface area (Å²) < 4.78 is 0. The summed E-state index contributed by atoms with van der Waals surface area (Å²) in [6.07, 6.45) is 0. The van der Waals surface area contributed by atoms with E-state index in [1.165, 1.54) is 66.4 Å². The molecular formula is C54H37N. The van der Waals surface area contributed by atoms with E-state index in [0.717, 1.165) is 17.1 Å². The molecular weight excluding hydrogens is 663 g/mol. The third kappa shape index (κ3) is 4.41. The topological polar surface area (TPSA) is 3.24 Å². The van der Waals surface area contributed by atoms with Crippen LogP contribution in [0.5, 0.6) is 0 Å². The summed E-state index contributed by atoms with van der Waals surface area (Å²) in [7, 11) is 0. The normalized spacial score (nSPS) is 17.6. The van der Waals surface area contributed by atoms with Crippen LogP contribution in [-0.4, -0.2) is 0 Å². The molecule has 1 heteroatoms. The van der Waals surface area contributed by atoms with Crippen LogP contribution in [0.3, 0.4) is 0 Å². The second-order valence-electron chi connectivity index (χ2n) is 14.8. The number of rotatable bonds is 6. The van der Waals surface area contributed by atoms with E-state index in [9.17, 15) is 0 Å². The van der Waals surface area contributed by atoms with Gasteiger partial charge < -0.3 is 4.90 Å². The lowest BCUT2D eigenvalue weighted by atomic mass is 9.51. The third-order valence-corrected chi connectivity index (χ3v) is 12.2. The van der Waals surface area contributed by atoms with Crippen LogP contribution in [0.15, 0.2) is 224 Å². The molecule has 2 unspecified atom stereocenters. The largest absolute Gasteiger partial charge is 0.310 e. The predicted octanol–water partition coefficient (Wildman–Crippen LogP) is 13.4. The molecule has 0 fully saturated rings. The quantitative estimate of drug-likeness (QED) is 0.167. The van der Waals surface area contributed by atoms with Gasteiger partial charge in [-0.2, -0.15) is 0 Å². The Bertz CT molecular complexity index is 2880. The second kappa shape index (κ2) is 12.3. The number of para-hydroxylation sites is 1. The van der Waals surface area contributed by atoms with Crippen LogP contribution in [0.4, 0.5) is 17.1 Å². The minimum atomic E-state index is -0.620. The summed E-state index contributed by atoms with van der Waals surface area (Å²) in [4.78, 5) is 2.41. The average molecular weight is 700 g/mol. The standard InChI is InChI=1S/C54H37N/c1-4-20-40(21-5-1)53(42-24-16-27-44(37-42)55(43-25-8-3-9-26-43)45-35-34-38-18-10-11-19-39(38)36-45)49-31-14-15-32-50(49)54(41-22-6-2-7-23-41)48-30-13-12-28-46(48)47-29-17-33-51(53)52(47)54/h1-37H. The molecule has 0 amide bonds. The smallest absolute Gasteiger partial charge is 0.0720 e. The first kappa shape index (κ1) is 31.6. The summed E-state index contributed by atoms with van der Waals surface area (Å²) in [6.45, 7) is 0. The van der Waals surface area contributed by atoms with Gasteiger partial charge in [0.05, 0.1) is 10.8 Å². The Hall–Kier alpha value is -6.96. The van der Waals surface area contributed by atoms with Crippen molar-refractivity contribution in [2.24, 2.45) is 0 Å². The molecule has 0 bridgehead atoms. The van der Waals surface area contributed by atoms with E-state index >= 15 is 0 Å². The monoisotopic (exact) mass is 699 g/mol. The van der Waals surface area contributed by atoms with Crippen molar-refractivity contribution in [2.45, 2.75) is 10.8 Å². The van der Waals surface area contributed by atoms with Crippen LogP contribution in [0, 0.1) is 0 Å². The van der Waals surface area contributed by atoms with Gasteiger partial charge in [-0.1, -0.05) is 188 Å². The van der Waals surface area contributed by atoms with Crippen LogP contribution < -0.4 is 4.90 Å². The van der Waals surface area contributed by atoms with Gasteiger partial charge in [-0.15, -0.1) is 0 Å². The molecule has 2 atom stereocenters. The van der Waals surface area contributed by atoms with Gasteiger partial charge >= 0.3 is 0 Å². The van der Waals surface area contributed by atoms with E-state index < -0.39 is 10.8 Å². The van der Waals surface area contributed by atoms with Crippen LogP contribution in [0.2, 0.25) is 0 Å². The highest BCUT2D eigenvalue weighted by Gasteiger charge is 2.57. The summed E-state index contributed by atoms with van der Waals surface area (Å²) >= 11 is 0. The number of hydrogen-bond acceptors (Lipinski definition) is 1. The van der Waals surface area contributed by atoms with Crippen LogP contribution in [0.1, 0.15) is 44.5 Å². The number of benzene rings is 9. The van der Waals surface area contributed by atoms with Gasteiger partial charge in [0.15, 0.2) is 0 Å². The molecule has 11 rings (SSSR count). The maximum atomic E-state index is 2.45. The first-order valence-corrected chi connectivity index (χ1v) is 19.2. The highest BCUT2D eigenvalue weighted by atomic mass is 15.1. The number of hydrogen-bond donors (Lipinski definition) is 0. The van der Waals surface area contributed by atoms with Crippen molar-refractivity contribution in [1.82, 2.24) is 0 Å². The lowest BCUT2D eigenvalue weighted by molar-refractivity contribution is 0.627. The van der Waals surface area contributed by atoms with Gasteiger partial charge in [-0.3, -0.25) is 0 Å². The highest BCUT2D eigenvalue weighted by Crippen LogP contribution is 2.65. The Morgan fingerprint density at radius 3 is 1.51 bits per heavy atom. The minimum absolute atomic E-state index is 0.475. The summed E-state index contributed by atoms with van der Waals surface area (Å²) in [6, 6.07) is 83.3. The molecule has 0 heterocycles. The molecule has 1 nitrogen and oxygen atoms in total. The van der Waals surface area contributed by atoms with Gasteiger partial charge in [0.1, 0.15) is 0 Å². The fraction of sp³-hybridized carbons (Fsp3) is 0.0370. The van der Waals surface area contributed by atoms with E-state index in [4.69, 9.17) is 0 Å².